The minimum Gasteiger partial charge on any atom is -0.309 e. The standard InChI is InChI=1S/C17H27N/c1-11(2)8-17-16-9-14(12(3)4)6-7-15(16)13(5)10-18-17/h6-7,9,11-13,17-18H,8,10H2,1-5H3. The quantitative estimate of drug-likeness (QED) is 0.820. The summed E-state index contributed by atoms with van der Waals surface area (Å²) in [5, 5.41) is 3.72. The summed E-state index contributed by atoms with van der Waals surface area (Å²) < 4.78 is 0. The fourth-order valence-corrected chi connectivity index (χ4v) is 2.92. The van der Waals surface area contributed by atoms with Gasteiger partial charge < -0.3 is 5.32 Å². The molecule has 2 rings (SSSR count). The molecule has 1 nitrogen and oxygen atoms in total. The molecule has 1 aliphatic heterocycles. The van der Waals surface area contributed by atoms with Crippen molar-refractivity contribution in [2.75, 3.05) is 6.54 Å². The molecule has 0 amide bonds. The first-order valence-corrected chi connectivity index (χ1v) is 7.36. The third-order valence-electron chi connectivity index (χ3n) is 4.06. The van der Waals surface area contributed by atoms with E-state index in [0.717, 1.165) is 12.5 Å². The lowest BCUT2D eigenvalue weighted by atomic mass is 9.82. The molecule has 2 atom stereocenters. The van der Waals surface area contributed by atoms with Gasteiger partial charge in [0.05, 0.1) is 0 Å². The van der Waals surface area contributed by atoms with Gasteiger partial charge in [0.25, 0.3) is 0 Å². The Kier molecular flexibility index (Phi) is 4.11. The normalized spacial score (nSPS) is 23.5. The Morgan fingerprint density at radius 2 is 1.89 bits per heavy atom. The fraction of sp³-hybridized carbons (Fsp3) is 0.647. The summed E-state index contributed by atoms with van der Waals surface area (Å²) in [5.74, 6) is 2.00. The lowest BCUT2D eigenvalue weighted by molar-refractivity contribution is 0.395. The highest BCUT2D eigenvalue weighted by atomic mass is 14.9. The number of rotatable bonds is 3. The largest absolute Gasteiger partial charge is 0.309 e. The third-order valence-corrected chi connectivity index (χ3v) is 4.06. The summed E-state index contributed by atoms with van der Waals surface area (Å²) >= 11 is 0. The van der Waals surface area contributed by atoms with Crippen LogP contribution in [0.25, 0.3) is 0 Å². The van der Waals surface area contributed by atoms with Gasteiger partial charge in [0.15, 0.2) is 0 Å². The van der Waals surface area contributed by atoms with Gasteiger partial charge in [0, 0.05) is 12.6 Å². The molecule has 1 aromatic rings. The van der Waals surface area contributed by atoms with Gasteiger partial charge >= 0.3 is 0 Å². The highest BCUT2D eigenvalue weighted by Gasteiger charge is 2.25. The van der Waals surface area contributed by atoms with Crippen molar-refractivity contribution < 1.29 is 0 Å². The van der Waals surface area contributed by atoms with Gasteiger partial charge in [-0.2, -0.15) is 0 Å². The van der Waals surface area contributed by atoms with E-state index in [4.69, 9.17) is 0 Å². The Morgan fingerprint density at radius 1 is 1.17 bits per heavy atom. The molecular formula is C17H27N. The zero-order valence-corrected chi connectivity index (χ0v) is 12.5. The van der Waals surface area contributed by atoms with Gasteiger partial charge in [-0.25, -0.2) is 0 Å². The van der Waals surface area contributed by atoms with Crippen LogP contribution in [0.5, 0.6) is 0 Å². The molecule has 0 bridgehead atoms. The van der Waals surface area contributed by atoms with E-state index in [-0.39, 0.29) is 0 Å². The van der Waals surface area contributed by atoms with Crippen LogP contribution in [-0.2, 0) is 0 Å². The van der Waals surface area contributed by atoms with Crippen LogP contribution in [0.1, 0.15) is 75.6 Å². The Bertz CT molecular complexity index is 406. The first-order chi connectivity index (χ1) is 8.49. The van der Waals surface area contributed by atoms with Gasteiger partial charge in [-0.1, -0.05) is 52.8 Å². The predicted octanol–water partition coefficient (Wildman–Crippen LogP) is 4.60. The van der Waals surface area contributed by atoms with Gasteiger partial charge in [-0.3, -0.25) is 0 Å². The third kappa shape index (κ3) is 2.77. The minimum atomic E-state index is 0.551. The molecule has 0 saturated carbocycles. The average Bonchev–Trinajstić information content (AvgIpc) is 2.32. The fourth-order valence-electron chi connectivity index (χ4n) is 2.92. The molecule has 0 spiro atoms. The molecular weight excluding hydrogens is 218 g/mol. The lowest BCUT2D eigenvalue weighted by Gasteiger charge is -2.33. The van der Waals surface area contributed by atoms with E-state index in [1.165, 1.54) is 12.0 Å². The van der Waals surface area contributed by atoms with Crippen molar-refractivity contribution in [1.29, 1.82) is 0 Å². The van der Waals surface area contributed by atoms with E-state index in [2.05, 4.69) is 58.1 Å². The predicted molar refractivity (Wildman–Crippen MR) is 79.1 cm³/mol. The van der Waals surface area contributed by atoms with Gasteiger partial charge in [0.2, 0.25) is 0 Å². The van der Waals surface area contributed by atoms with Crippen LogP contribution < -0.4 is 5.32 Å². The topological polar surface area (TPSA) is 12.0 Å². The zero-order chi connectivity index (χ0) is 13.3. The highest BCUT2D eigenvalue weighted by Crippen LogP contribution is 2.35. The number of fused-ring (bicyclic) bond motifs is 1. The van der Waals surface area contributed by atoms with Crippen LogP contribution in [0, 0.1) is 5.92 Å². The molecule has 0 aliphatic carbocycles. The summed E-state index contributed by atoms with van der Waals surface area (Å²) in [6.45, 7) is 12.6. The van der Waals surface area contributed by atoms with Crippen molar-refractivity contribution in [2.24, 2.45) is 5.92 Å². The van der Waals surface area contributed by atoms with Crippen molar-refractivity contribution in [3.8, 4) is 0 Å². The monoisotopic (exact) mass is 245 g/mol. The summed E-state index contributed by atoms with van der Waals surface area (Å²) in [5.41, 5.74) is 4.58. The van der Waals surface area contributed by atoms with Crippen molar-refractivity contribution in [2.45, 2.75) is 58.9 Å². The second kappa shape index (κ2) is 5.44. The van der Waals surface area contributed by atoms with Crippen LogP contribution >= 0.6 is 0 Å². The van der Waals surface area contributed by atoms with E-state index < -0.39 is 0 Å². The maximum Gasteiger partial charge on any atom is 0.0325 e. The van der Waals surface area contributed by atoms with Gasteiger partial charge in [-0.05, 0) is 40.9 Å². The molecule has 0 radical (unpaired) electrons. The Morgan fingerprint density at radius 3 is 2.50 bits per heavy atom. The number of benzene rings is 1. The Hall–Kier alpha value is -0.820. The first kappa shape index (κ1) is 13.6. The maximum atomic E-state index is 3.72. The Labute approximate surface area is 112 Å². The van der Waals surface area contributed by atoms with Crippen LogP contribution in [0.3, 0.4) is 0 Å². The lowest BCUT2D eigenvalue weighted by Crippen LogP contribution is -2.33. The van der Waals surface area contributed by atoms with Crippen LogP contribution in [0.4, 0.5) is 0 Å². The number of nitrogens with one attached hydrogen (secondary N) is 1. The molecule has 0 fully saturated rings. The highest BCUT2D eigenvalue weighted by molar-refractivity contribution is 5.39. The van der Waals surface area contributed by atoms with E-state index >= 15 is 0 Å². The van der Waals surface area contributed by atoms with Crippen molar-refractivity contribution >= 4 is 0 Å². The molecule has 1 heterocycles. The number of hydrogen-bond acceptors (Lipinski definition) is 1. The summed E-state index contributed by atoms with van der Waals surface area (Å²) in [7, 11) is 0. The first-order valence-electron chi connectivity index (χ1n) is 7.36. The van der Waals surface area contributed by atoms with Crippen molar-refractivity contribution in [1.82, 2.24) is 5.32 Å². The summed E-state index contributed by atoms with van der Waals surface area (Å²) in [6, 6.07) is 7.67. The molecule has 18 heavy (non-hydrogen) atoms. The van der Waals surface area contributed by atoms with Crippen LogP contribution in [-0.4, -0.2) is 6.54 Å². The molecule has 1 heteroatoms. The van der Waals surface area contributed by atoms with E-state index in [0.29, 0.717) is 17.9 Å². The second-order valence-electron chi connectivity index (χ2n) is 6.53. The molecule has 100 valence electrons. The SMILES string of the molecule is CC(C)CC1NCC(C)c2ccc(C(C)C)cc21. The second-order valence-corrected chi connectivity index (χ2v) is 6.53. The molecule has 1 aromatic carbocycles. The average molecular weight is 245 g/mol. The summed E-state index contributed by atoms with van der Waals surface area (Å²) in [6.07, 6.45) is 1.24. The summed E-state index contributed by atoms with van der Waals surface area (Å²) in [4.78, 5) is 0. The van der Waals surface area contributed by atoms with E-state index in [9.17, 15) is 0 Å². The Balaban J connectivity index is 2.37. The zero-order valence-electron chi connectivity index (χ0n) is 12.5. The molecule has 0 saturated heterocycles. The van der Waals surface area contributed by atoms with Crippen LogP contribution in [0.15, 0.2) is 18.2 Å². The molecule has 1 aliphatic rings. The van der Waals surface area contributed by atoms with Gasteiger partial charge in [0.1, 0.15) is 0 Å². The molecule has 1 N–H and O–H groups in total. The van der Waals surface area contributed by atoms with Gasteiger partial charge in [-0.15, -0.1) is 0 Å². The van der Waals surface area contributed by atoms with E-state index in [1.54, 1.807) is 11.1 Å². The number of hydrogen-bond donors (Lipinski definition) is 1. The van der Waals surface area contributed by atoms with Crippen molar-refractivity contribution in [3.05, 3.63) is 34.9 Å². The molecule has 0 aromatic heterocycles. The molecule has 2 unspecified atom stereocenters. The smallest absolute Gasteiger partial charge is 0.0325 e. The van der Waals surface area contributed by atoms with E-state index in [1.807, 2.05) is 0 Å². The van der Waals surface area contributed by atoms with Crippen molar-refractivity contribution in [3.63, 3.8) is 0 Å². The van der Waals surface area contributed by atoms with Crippen LogP contribution in [0.2, 0.25) is 0 Å². The maximum absolute atomic E-state index is 3.72. The minimum absolute atomic E-state index is 0.551.